The Bertz CT molecular complexity index is 764. The second kappa shape index (κ2) is 5.79. The summed E-state index contributed by atoms with van der Waals surface area (Å²) in [6, 6.07) is 14.6. The van der Waals surface area contributed by atoms with E-state index in [1.807, 2.05) is 30.3 Å². The summed E-state index contributed by atoms with van der Waals surface area (Å²) in [5.41, 5.74) is 6.29. The van der Waals surface area contributed by atoms with Gasteiger partial charge in [0.15, 0.2) is 0 Å². The molecule has 3 rings (SSSR count). The molecule has 2 N–H and O–H groups in total. The minimum atomic E-state index is -4.44. The highest BCUT2D eigenvalue weighted by Gasteiger charge is 2.35. The zero-order valence-electron chi connectivity index (χ0n) is 12.1. The van der Waals surface area contributed by atoms with Gasteiger partial charge in [0, 0.05) is 11.3 Å². The van der Waals surface area contributed by atoms with Crippen LogP contribution in [-0.4, -0.2) is 12.4 Å². The summed E-state index contributed by atoms with van der Waals surface area (Å²) < 4.78 is 39.9. The number of anilines is 1. The Morgan fingerprint density at radius 3 is 2.30 bits per heavy atom. The average Bonchev–Trinajstić information content (AvgIpc) is 2.55. The Kier molecular flexibility index (Phi) is 3.82. The molecule has 0 spiro atoms. The molecule has 0 amide bonds. The molecule has 0 radical (unpaired) electrons. The second-order valence-electron chi connectivity index (χ2n) is 5.10. The van der Waals surface area contributed by atoms with Crippen molar-refractivity contribution in [1.29, 1.82) is 0 Å². The van der Waals surface area contributed by atoms with E-state index in [4.69, 9.17) is 5.73 Å². The molecule has 0 aromatic heterocycles. The predicted octanol–water partition coefficient (Wildman–Crippen LogP) is 3.88. The molecule has 6 heteroatoms. The molecule has 0 saturated carbocycles. The zero-order chi connectivity index (χ0) is 16.4. The van der Waals surface area contributed by atoms with Crippen LogP contribution in [0.1, 0.15) is 11.1 Å². The number of halogens is 3. The van der Waals surface area contributed by atoms with E-state index in [2.05, 4.69) is 4.99 Å². The van der Waals surface area contributed by atoms with E-state index in [0.29, 0.717) is 11.5 Å². The van der Waals surface area contributed by atoms with E-state index in [9.17, 15) is 13.2 Å². The van der Waals surface area contributed by atoms with Crippen LogP contribution in [0.3, 0.4) is 0 Å². The number of benzene rings is 2. The van der Waals surface area contributed by atoms with Gasteiger partial charge in [-0.15, -0.1) is 0 Å². The van der Waals surface area contributed by atoms with E-state index in [1.54, 1.807) is 11.0 Å². The number of hydrogen-bond donors (Lipinski definition) is 1. The molecule has 3 nitrogen and oxygen atoms in total. The molecule has 2 aromatic rings. The van der Waals surface area contributed by atoms with Gasteiger partial charge >= 0.3 is 6.18 Å². The number of para-hydroxylation sites is 1. The van der Waals surface area contributed by atoms with Crippen LogP contribution >= 0.6 is 0 Å². The maximum absolute atomic E-state index is 13.3. The third-order valence-corrected chi connectivity index (χ3v) is 3.54. The van der Waals surface area contributed by atoms with Gasteiger partial charge in [0.1, 0.15) is 5.84 Å². The van der Waals surface area contributed by atoms with Crippen molar-refractivity contribution in [2.75, 3.05) is 11.4 Å². The molecule has 1 aliphatic heterocycles. The molecular formula is C17H14F3N3. The van der Waals surface area contributed by atoms with Gasteiger partial charge in [-0.1, -0.05) is 36.4 Å². The van der Waals surface area contributed by atoms with Crippen molar-refractivity contribution in [2.45, 2.75) is 6.18 Å². The van der Waals surface area contributed by atoms with Crippen molar-refractivity contribution in [3.05, 3.63) is 71.9 Å². The van der Waals surface area contributed by atoms with Crippen LogP contribution in [0, 0.1) is 0 Å². The molecule has 23 heavy (non-hydrogen) atoms. The summed E-state index contributed by atoms with van der Waals surface area (Å²) in [6.45, 7) is 0.238. The SMILES string of the molecule is NC1=NC=C(c2ccccc2C(F)(F)F)N(c2ccccc2)C1. The Hall–Kier alpha value is -2.76. The lowest BCUT2D eigenvalue weighted by Crippen LogP contribution is -2.35. The highest BCUT2D eigenvalue weighted by Crippen LogP contribution is 2.37. The molecule has 1 aliphatic rings. The van der Waals surface area contributed by atoms with Gasteiger partial charge in [-0.3, -0.25) is 0 Å². The lowest BCUT2D eigenvalue weighted by Gasteiger charge is -2.30. The number of amidine groups is 1. The number of rotatable bonds is 2. The highest BCUT2D eigenvalue weighted by molar-refractivity contribution is 5.95. The number of alkyl halides is 3. The second-order valence-corrected chi connectivity index (χ2v) is 5.10. The van der Waals surface area contributed by atoms with Crippen molar-refractivity contribution in [1.82, 2.24) is 0 Å². The largest absolute Gasteiger partial charge is 0.417 e. The molecule has 0 aliphatic carbocycles. The summed E-state index contributed by atoms with van der Waals surface area (Å²) in [5, 5.41) is 0. The van der Waals surface area contributed by atoms with E-state index < -0.39 is 11.7 Å². The highest BCUT2D eigenvalue weighted by atomic mass is 19.4. The lowest BCUT2D eigenvalue weighted by atomic mass is 10.0. The smallest absolute Gasteiger partial charge is 0.386 e. The summed E-state index contributed by atoms with van der Waals surface area (Å²) in [7, 11) is 0. The average molecular weight is 317 g/mol. The van der Waals surface area contributed by atoms with Gasteiger partial charge in [0.2, 0.25) is 0 Å². The first-order valence-corrected chi connectivity index (χ1v) is 6.98. The lowest BCUT2D eigenvalue weighted by molar-refractivity contribution is -0.137. The molecule has 1 heterocycles. The van der Waals surface area contributed by atoms with Crippen molar-refractivity contribution >= 4 is 17.2 Å². The molecule has 0 bridgehead atoms. The third-order valence-electron chi connectivity index (χ3n) is 3.54. The van der Waals surface area contributed by atoms with E-state index in [1.165, 1.54) is 18.3 Å². The summed E-state index contributed by atoms with van der Waals surface area (Å²) in [6.07, 6.45) is -3.05. The van der Waals surface area contributed by atoms with Gasteiger partial charge in [0.05, 0.1) is 24.0 Å². The maximum atomic E-state index is 13.3. The van der Waals surface area contributed by atoms with Gasteiger partial charge < -0.3 is 10.6 Å². The fraction of sp³-hybridized carbons (Fsp3) is 0.118. The fourth-order valence-corrected chi connectivity index (χ4v) is 2.51. The molecule has 0 saturated heterocycles. The first-order valence-electron chi connectivity index (χ1n) is 6.98. The zero-order valence-corrected chi connectivity index (χ0v) is 12.1. The van der Waals surface area contributed by atoms with Gasteiger partial charge in [-0.05, 0) is 18.2 Å². The first-order chi connectivity index (χ1) is 11.0. The fourth-order valence-electron chi connectivity index (χ4n) is 2.51. The Morgan fingerprint density at radius 1 is 0.957 bits per heavy atom. The van der Waals surface area contributed by atoms with Gasteiger partial charge in [-0.2, -0.15) is 13.2 Å². The van der Waals surface area contributed by atoms with E-state index in [-0.39, 0.29) is 12.1 Å². The van der Waals surface area contributed by atoms with Crippen LogP contribution in [0.4, 0.5) is 18.9 Å². The number of nitrogens with two attached hydrogens (primary N) is 1. The third kappa shape index (κ3) is 3.06. The van der Waals surface area contributed by atoms with Crippen LogP contribution in [0.25, 0.3) is 5.70 Å². The van der Waals surface area contributed by atoms with Crippen LogP contribution in [0.2, 0.25) is 0 Å². The number of nitrogens with zero attached hydrogens (tertiary/aromatic N) is 2. The van der Waals surface area contributed by atoms with Crippen molar-refractivity contribution in [2.24, 2.45) is 10.7 Å². The number of hydrogen-bond acceptors (Lipinski definition) is 3. The molecular weight excluding hydrogens is 303 g/mol. The Morgan fingerprint density at radius 2 is 1.61 bits per heavy atom. The number of aliphatic imine (C=N–C) groups is 1. The minimum absolute atomic E-state index is 0.0834. The Labute approximate surface area is 131 Å². The van der Waals surface area contributed by atoms with Crippen molar-refractivity contribution in [3.63, 3.8) is 0 Å². The van der Waals surface area contributed by atoms with Crippen molar-refractivity contribution in [3.8, 4) is 0 Å². The van der Waals surface area contributed by atoms with Gasteiger partial charge in [-0.25, -0.2) is 4.99 Å². The predicted molar refractivity (Wildman–Crippen MR) is 84.8 cm³/mol. The molecule has 0 atom stereocenters. The van der Waals surface area contributed by atoms with Crippen molar-refractivity contribution < 1.29 is 13.2 Å². The van der Waals surface area contributed by atoms with Crippen LogP contribution in [-0.2, 0) is 6.18 Å². The normalized spacial score (nSPS) is 15.2. The van der Waals surface area contributed by atoms with E-state index in [0.717, 1.165) is 11.8 Å². The monoisotopic (exact) mass is 317 g/mol. The Balaban J connectivity index is 2.13. The minimum Gasteiger partial charge on any atom is -0.386 e. The summed E-state index contributed by atoms with van der Waals surface area (Å²) >= 11 is 0. The molecule has 2 aromatic carbocycles. The topological polar surface area (TPSA) is 41.6 Å². The molecule has 0 fully saturated rings. The molecule has 118 valence electrons. The molecule has 0 unspecified atom stereocenters. The maximum Gasteiger partial charge on any atom is 0.417 e. The van der Waals surface area contributed by atoms with Crippen LogP contribution in [0.15, 0.2) is 65.8 Å². The van der Waals surface area contributed by atoms with E-state index >= 15 is 0 Å². The van der Waals surface area contributed by atoms with Crippen LogP contribution < -0.4 is 10.6 Å². The van der Waals surface area contributed by atoms with Crippen LogP contribution in [0.5, 0.6) is 0 Å². The standard InChI is InChI=1S/C17H14F3N3/c18-17(19,20)14-9-5-4-8-13(14)15-10-22-16(21)11-23(15)12-6-2-1-3-7-12/h1-10H,11H2,(H2,21,22). The van der Waals surface area contributed by atoms with Gasteiger partial charge in [0.25, 0.3) is 0 Å². The summed E-state index contributed by atoms with van der Waals surface area (Å²) in [4.78, 5) is 5.74. The quantitative estimate of drug-likeness (QED) is 0.913. The first kappa shape index (κ1) is 15.1. The summed E-state index contributed by atoms with van der Waals surface area (Å²) in [5.74, 6) is 0.349.